The second-order valence-electron chi connectivity index (χ2n) is 9.10. The van der Waals surface area contributed by atoms with Gasteiger partial charge in [0, 0.05) is 36.0 Å². The second kappa shape index (κ2) is 9.38. The monoisotopic (exact) mass is 495 g/mol. The van der Waals surface area contributed by atoms with Gasteiger partial charge in [-0.2, -0.15) is 0 Å². The van der Waals surface area contributed by atoms with Crippen molar-refractivity contribution < 1.29 is 8.42 Å². The lowest BCUT2D eigenvalue weighted by molar-refractivity contribution is 0.353. The Labute approximate surface area is 206 Å². The van der Waals surface area contributed by atoms with Gasteiger partial charge in [-0.15, -0.1) is 0 Å². The van der Waals surface area contributed by atoms with Gasteiger partial charge in [0.05, 0.1) is 24.0 Å². The van der Waals surface area contributed by atoms with E-state index in [-0.39, 0.29) is 12.1 Å². The molecule has 2 fully saturated rings. The summed E-state index contributed by atoms with van der Waals surface area (Å²) >= 11 is 5.80. The van der Waals surface area contributed by atoms with Crippen molar-refractivity contribution in [3.05, 3.63) is 78.4 Å². The largest absolute Gasteiger partial charge is 0.351 e. The van der Waals surface area contributed by atoms with Gasteiger partial charge in [0.15, 0.2) is 5.11 Å². The Morgan fingerprint density at radius 2 is 1.82 bits per heavy atom. The number of anilines is 2. The maximum absolute atomic E-state index is 11.6. The maximum atomic E-state index is 11.6. The molecule has 1 aliphatic heterocycles. The first-order valence-electron chi connectivity index (χ1n) is 11.6. The fraction of sp³-hybridized carbons (Fsp3) is 0.360. The molecule has 2 unspecified atom stereocenters. The van der Waals surface area contributed by atoms with Crippen LogP contribution in [0.2, 0.25) is 0 Å². The molecule has 178 valence electrons. The van der Waals surface area contributed by atoms with Crippen LogP contribution in [-0.2, 0) is 10.0 Å². The summed E-state index contributed by atoms with van der Waals surface area (Å²) in [4.78, 5) is 6.73. The molecule has 1 saturated heterocycles. The van der Waals surface area contributed by atoms with Gasteiger partial charge in [-0.1, -0.05) is 25.3 Å². The second-order valence-corrected chi connectivity index (χ2v) is 11.2. The van der Waals surface area contributed by atoms with Gasteiger partial charge < -0.3 is 14.8 Å². The van der Waals surface area contributed by atoms with E-state index in [9.17, 15) is 8.42 Å². The van der Waals surface area contributed by atoms with Crippen LogP contribution in [-0.4, -0.2) is 29.3 Å². The molecule has 7 nitrogen and oxygen atoms in total. The van der Waals surface area contributed by atoms with E-state index in [1.807, 2.05) is 30.3 Å². The SMILES string of the molecule is CS(=O)(=O)Nc1ccc(N2C(=S)NC(c3ccccn3)C2c2ccn(C3CCCCC3)c2)cc1. The number of rotatable bonds is 6. The summed E-state index contributed by atoms with van der Waals surface area (Å²) < 4.78 is 28.1. The molecule has 9 heteroatoms. The zero-order valence-corrected chi connectivity index (χ0v) is 20.7. The lowest BCUT2D eigenvalue weighted by Crippen LogP contribution is -2.29. The molecular weight excluding hydrogens is 466 g/mol. The fourth-order valence-electron chi connectivity index (χ4n) is 5.09. The van der Waals surface area contributed by atoms with Crippen molar-refractivity contribution in [3.63, 3.8) is 0 Å². The van der Waals surface area contributed by atoms with E-state index >= 15 is 0 Å². The van der Waals surface area contributed by atoms with Gasteiger partial charge >= 0.3 is 0 Å². The Balaban J connectivity index is 1.51. The molecule has 0 radical (unpaired) electrons. The van der Waals surface area contributed by atoms with Crippen LogP contribution >= 0.6 is 12.2 Å². The van der Waals surface area contributed by atoms with E-state index in [0.29, 0.717) is 16.8 Å². The highest BCUT2D eigenvalue weighted by Gasteiger charge is 2.41. The van der Waals surface area contributed by atoms with E-state index in [1.165, 1.54) is 37.7 Å². The van der Waals surface area contributed by atoms with Gasteiger partial charge in [0.25, 0.3) is 0 Å². The zero-order chi connectivity index (χ0) is 23.7. The topological polar surface area (TPSA) is 79.3 Å². The molecule has 3 heterocycles. The summed E-state index contributed by atoms with van der Waals surface area (Å²) in [6, 6.07) is 15.8. The van der Waals surface area contributed by atoms with Gasteiger partial charge in [0.1, 0.15) is 0 Å². The van der Waals surface area contributed by atoms with Crippen molar-refractivity contribution in [1.29, 1.82) is 0 Å². The molecule has 0 bridgehead atoms. The molecule has 1 aromatic carbocycles. The van der Waals surface area contributed by atoms with Crippen LogP contribution in [0.15, 0.2) is 67.1 Å². The third-order valence-corrected chi connectivity index (χ3v) is 7.54. The van der Waals surface area contributed by atoms with Gasteiger partial charge in [0.2, 0.25) is 10.0 Å². The van der Waals surface area contributed by atoms with Crippen molar-refractivity contribution in [2.75, 3.05) is 15.9 Å². The number of nitrogens with one attached hydrogen (secondary N) is 2. The third kappa shape index (κ3) is 4.81. The summed E-state index contributed by atoms with van der Waals surface area (Å²) in [6.07, 6.45) is 13.7. The standard InChI is InChI=1S/C25H29N5O2S2/c1-34(31,32)28-19-10-12-21(13-11-19)30-24(23(27-25(30)33)22-9-5-6-15-26-22)18-14-16-29(17-18)20-7-3-2-4-8-20/h5-6,9-17,20,23-24,28H,2-4,7-8H2,1H3,(H,27,33). The highest BCUT2D eigenvalue weighted by molar-refractivity contribution is 7.92. The number of aromatic nitrogens is 2. The Hall–Kier alpha value is -2.91. The first-order chi connectivity index (χ1) is 16.4. The molecule has 2 N–H and O–H groups in total. The van der Waals surface area contributed by atoms with E-state index in [1.54, 1.807) is 18.3 Å². The number of pyridine rings is 1. The fourth-order valence-corrected chi connectivity index (χ4v) is 6.00. The van der Waals surface area contributed by atoms with Crippen molar-refractivity contribution >= 4 is 38.7 Å². The number of sulfonamides is 1. The molecule has 1 saturated carbocycles. The highest BCUT2D eigenvalue weighted by Crippen LogP contribution is 2.42. The van der Waals surface area contributed by atoms with Crippen molar-refractivity contribution in [2.24, 2.45) is 0 Å². The average Bonchev–Trinajstić information content (AvgIpc) is 3.44. The van der Waals surface area contributed by atoms with E-state index in [4.69, 9.17) is 12.2 Å². The number of nitrogens with zero attached hydrogens (tertiary/aromatic N) is 3. The molecule has 5 rings (SSSR count). The molecule has 3 aromatic rings. The summed E-state index contributed by atoms with van der Waals surface area (Å²) in [5.74, 6) is 0. The number of benzene rings is 1. The minimum atomic E-state index is -3.34. The van der Waals surface area contributed by atoms with E-state index in [2.05, 4.69) is 42.9 Å². The quantitative estimate of drug-likeness (QED) is 0.472. The van der Waals surface area contributed by atoms with E-state index in [0.717, 1.165) is 17.6 Å². The maximum Gasteiger partial charge on any atom is 0.229 e. The molecule has 34 heavy (non-hydrogen) atoms. The highest BCUT2D eigenvalue weighted by atomic mass is 32.2. The Bertz CT molecular complexity index is 1250. The summed E-state index contributed by atoms with van der Waals surface area (Å²) in [5, 5.41) is 4.10. The van der Waals surface area contributed by atoms with Gasteiger partial charge in [-0.25, -0.2) is 8.42 Å². The summed E-state index contributed by atoms with van der Waals surface area (Å²) in [7, 11) is -3.34. The molecule has 2 aromatic heterocycles. The number of hydrogen-bond acceptors (Lipinski definition) is 4. The predicted molar refractivity (Wildman–Crippen MR) is 139 cm³/mol. The van der Waals surface area contributed by atoms with Crippen LogP contribution in [0.3, 0.4) is 0 Å². The molecular formula is C25H29N5O2S2. The van der Waals surface area contributed by atoms with Crippen LogP contribution in [0.25, 0.3) is 0 Å². The molecule has 2 aliphatic rings. The van der Waals surface area contributed by atoms with Crippen LogP contribution in [0.1, 0.15) is 61.5 Å². The average molecular weight is 496 g/mol. The Morgan fingerprint density at radius 1 is 1.06 bits per heavy atom. The lowest BCUT2D eigenvalue weighted by atomic mass is 9.95. The molecule has 0 amide bonds. The molecule has 0 spiro atoms. The van der Waals surface area contributed by atoms with Crippen LogP contribution in [0.5, 0.6) is 0 Å². The first-order valence-corrected chi connectivity index (χ1v) is 13.9. The van der Waals surface area contributed by atoms with Gasteiger partial charge in [-0.05, 0) is 73.1 Å². The summed E-state index contributed by atoms with van der Waals surface area (Å²) in [5.41, 5.74) is 3.51. The lowest BCUT2D eigenvalue weighted by Gasteiger charge is -2.28. The predicted octanol–water partition coefficient (Wildman–Crippen LogP) is 4.94. The van der Waals surface area contributed by atoms with Crippen molar-refractivity contribution in [2.45, 2.75) is 50.2 Å². The molecule has 1 aliphatic carbocycles. The van der Waals surface area contributed by atoms with Gasteiger partial charge in [-0.3, -0.25) is 9.71 Å². The zero-order valence-electron chi connectivity index (χ0n) is 19.1. The smallest absolute Gasteiger partial charge is 0.229 e. The Kier molecular flexibility index (Phi) is 6.31. The van der Waals surface area contributed by atoms with E-state index < -0.39 is 10.0 Å². The van der Waals surface area contributed by atoms with Crippen molar-refractivity contribution in [3.8, 4) is 0 Å². The minimum Gasteiger partial charge on any atom is -0.351 e. The normalized spacial score (nSPS) is 21.4. The van der Waals surface area contributed by atoms with Crippen LogP contribution in [0.4, 0.5) is 11.4 Å². The number of thiocarbonyl (C=S) groups is 1. The van der Waals surface area contributed by atoms with Crippen LogP contribution < -0.4 is 14.9 Å². The molecule has 2 atom stereocenters. The first kappa shape index (κ1) is 22.9. The number of hydrogen-bond donors (Lipinski definition) is 2. The summed E-state index contributed by atoms with van der Waals surface area (Å²) in [6.45, 7) is 0. The van der Waals surface area contributed by atoms with Crippen LogP contribution in [0, 0.1) is 0 Å². The van der Waals surface area contributed by atoms with Crippen molar-refractivity contribution in [1.82, 2.24) is 14.9 Å². The third-order valence-electron chi connectivity index (χ3n) is 6.62. The Morgan fingerprint density at radius 3 is 2.50 bits per heavy atom. The minimum absolute atomic E-state index is 0.0824.